The Morgan fingerprint density at radius 3 is 3.00 bits per heavy atom. The molecule has 0 saturated carbocycles. The Hall–Kier alpha value is -1.13. The molecule has 0 spiro atoms. The van der Waals surface area contributed by atoms with Crippen molar-refractivity contribution in [3.8, 4) is 0 Å². The fourth-order valence-electron chi connectivity index (χ4n) is 2.46. The maximum Gasteiger partial charge on any atom is 0.173 e. The second-order valence-electron chi connectivity index (χ2n) is 5.39. The Kier molecular flexibility index (Phi) is 4.77. The first-order valence-electron chi connectivity index (χ1n) is 6.84. The summed E-state index contributed by atoms with van der Waals surface area (Å²) in [5.41, 5.74) is 3.50. The maximum atomic E-state index is 9.27. The molecule has 104 valence electrons. The van der Waals surface area contributed by atoms with Gasteiger partial charge in [-0.05, 0) is 62.0 Å². The summed E-state index contributed by atoms with van der Waals surface area (Å²) in [7, 11) is 0. The molecule has 1 heterocycles. The van der Waals surface area contributed by atoms with E-state index in [0.29, 0.717) is 5.92 Å². The van der Waals surface area contributed by atoms with Gasteiger partial charge < -0.3 is 15.3 Å². The van der Waals surface area contributed by atoms with Gasteiger partial charge in [-0.2, -0.15) is 0 Å². The van der Waals surface area contributed by atoms with Crippen molar-refractivity contribution in [3.63, 3.8) is 0 Å². The van der Waals surface area contributed by atoms with Gasteiger partial charge in [-0.3, -0.25) is 0 Å². The van der Waals surface area contributed by atoms with Gasteiger partial charge in [-0.1, -0.05) is 12.1 Å². The van der Waals surface area contributed by atoms with E-state index in [1.165, 1.54) is 11.1 Å². The zero-order chi connectivity index (χ0) is 13.8. The van der Waals surface area contributed by atoms with Crippen LogP contribution >= 0.6 is 12.2 Å². The number of aryl methyl sites for hydroxylation is 2. The van der Waals surface area contributed by atoms with Crippen molar-refractivity contribution in [2.75, 3.05) is 25.0 Å². The molecule has 0 aliphatic carbocycles. The average Bonchev–Trinajstić information content (AvgIpc) is 2.43. The minimum absolute atomic E-state index is 0.253. The Morgan fingerprint density at radius 1 is 1.47 bits per heavy atom. The molecule has 0 unspecified atom stereocenters. The highest BCUT2D eigenvalue weighted by Crippen LogP contribution is 2.20. The quantitative estimate of drug-likeness (QED) is 0.815. The predicted molar refractivity (Wildman–Crippen MR) is 83.5 cm³/mol. The second-order valence-corrected chi connectivity index (χ2v) is 5.77. The van der Waals surface area contributed by atoms with E-state index in [4.69, 9.17) is 12.2 Å². The van der Waals surface area contributed by atoms with Gasteiger partial charge in [-0.25, -0.2) is 0 Å². The molecule has 19 heavy (non-hydrogen) atoms. The van der Waals surface area contributed by atoms with Crippen molar-refractivity contribution in [2.45, 2.75) is 26.7 Å². The SMILES string of the molecule is Cc1ccc(C)c(NC(=S)N2CCC[C@@H](CO)C2)c1. The molecule has 1 aromatic carbocycles. The van der Waals surface area contributed by atoms with Gasteiger partial charge in [0.2, 0.25) is 0 Å². The molecular formula is C15H22N2OS. The molecular weight excluding hydrogens is 256 g/mol. The average molecular weight is 278 g/mol. The van der Waals surface area contributed by atoms with Crippen molar-refractivity contribution in [3.05, 3.63) is 29.3 Å². The van der Waals surface area contributed by atoms with Crippen LogP contribution in [0.1, 0.15) is 24.0 Å². The number of piperidine rings is 1. The zero-order valence-electron chi connectivity index (χ0n) is 11.6. The standard InChI is InChI=1S/C15H22N2OS/c1-11-5-6-12(2)14(8-11)16-15(19)17-7-3-4-13(9-17)10-18/h5-6,8,13,18H,3-4,7,9-10H2,1-2H3,(H,16,19)/t13-/m1/s1. The van der Waals surface area contributed by atoms with Gasteiger partial charge in [0.1, 0.15) is 0 Å². The van der Waals surface area contributed by atoms with Crippen LogP contribution in [-0.4, -0.2) is 34.8 Å². The zero-order valence-corrected chi connectivity index (χ0v) is 12.5. The monoisotopic (exact) mass is 278 g/mol. The van der Waals surface area contributed by atoms with E-state index < -0.39 is 0 Å². The molecule has 3 nitrogen and oxygen atoms in total. The highest BCUT2D eigenvalue weighted by Gasteiger charge is 2.21. The van der Waals surface area contributed by atoms with E-state index in [1.807, 2.05) is 0 Å². The van der Waals surface area contributed by atoms with Crippen LogP contribution in [0.25, 0.3) is 0 Å². The Bertz CT molecular complexity index is 461. The predicted octanol–water partition coefficient (Wildman–Crippen LogP) is 2.70. The summed E-state index contributed by atoms with van der Waals surface area (Å²) >= 11 is 5.49. The number of aliphatic hydroxyl groups excluding tert-OH is 1. The lowest BCUT2D eigenvalue weighted by molar-refractivity contribution is 0.162. The van der Waals surface area contributed by atoms with Crippen molar-refractivity contribution in [2.24, 2.45) is 5.92 Å². The van der Waals surface area contributed by atoms with E-state index in [0.717, 1.165) is 36.7 Å². The maximum absolute atomic E-state index is 9.27. The van der Waals surface area contributed by atoms with Crippen molar-refractivity contribution in [1.82, 2.24) is 4.90 Å². The largest absolute Gasteiger partial charge is 0.396 e. The first-order valence-corrected chi connectivity index (χ1v) is 7.25. The number of nitrogens with zero attached hydrogens (tertiary/aromatic N) is 1. The Morgan fingerprint density at radius 2 is 2.26 bits per heavy atom. The number of rotatable bonds is 2. The highest BCUT2D eigenvalue weighted by molar-refractivity contribution is 7.80. The van der Waals surface area contributed by atoms with Crippen LogP contribution in [0.15, 0.2) is 18.2 Å². The molecule has 2 N–H and O–H groups in total. The molecule has 1 aliphatic rings. The van der Waals surface area contributed by atoms with Gasteiger partial charge in [0.15, 0.2) is 5.11 Å². The van der Waals surface area contributed by atoms with Gasteiger partial charge in [0, 0.05) is 25.4 Å². The lowest BCUT2D eigenvalue weighted by Crippen LogP contribution is -2.43. The summed E-state index contributed by atoms with van der Waals surface area (Å²) in [4.78, 5) is 2.17. The summed E-state index contributed by atoms with van der Waals surface area (Å²) in [6, 6.07) is 6.33. The second kappa shape index (κ2) is 6.35. The van der Waals surface area contributed by atoms with Crippen molar-refractivity contribution < 1.29 is 5.11 Å². The van der Waals surface area contributed by atoms with Gasteiger partial charge in [-0.15, -0.1) is 0 Å². The molecule has 1 aromatic rings. The third kappa shape index (κ3) is 3.67. The van der Waals surface area contributed by atoms with E-state index in [-0.39, 0.29) is 6.61 Å². The number of hydrogen-bond acceptors (Lipinski definition) is 2. The van der Waals surface area contributed by atoms with Crippen LogP contribution in [0.3, 0.4) is 0 Å². The van der Waals surface area contributed by atoms with Gasteiger partial charge in [0.05, 0.1) is 0 Å². The van der Waals surface area contributed by atoms with Crippen LogP contribution in [0.4, 0.5) is 5.69 Å². The van der Waals surface area contributed by atoms with Crippen LogP contribution in [0.2, 0.25) is 0 Å². The first-order chi connectivity index (χ1) is 9.10. The van der Waals surface area contributed by atoms with E-state index >= 15 is 0 Å². The van der Waals surface area contributed by atoms with Gasteiger partial charge in [0.25, 0.3) is 0 Å². The first kappa shape index (κ1) is 14.3. The van der Waals surface area contributed by atoms with Crippen LogP contribution in [-0.2, 0) is 0 Å². The van der Waals surface area contributed by atoms with Crippen LogP contribution in [0.5, 0.6) is 0 Å². The molecule has 1 aliphatic heterocycles. The molecule has 1 fully saturated rings. The number of benzene rings is 1. The number of nitrogens with one attached hydrogen (secondary N) is 1. The summed E-state index contributed by atoms with van der Waals surface area (Å²) in [6.07, 6.45) is 2.19. The van der Waals surface area contributed by atoms with Crippen molar-refractivity contribution >= 4 is 23.0 Å². The van der Waals surface area contributed by atoms with E-state index in [9.17, 15) is 5.11 Å². The molecule has 0 amide bonds. The molecule has 1 saturated heterocycles. The highest BCUT2D eigenvalue weighted by atomic mass is 32.1. The van der Waals surface area contributed by atoms with Crippen LogP contribution < -0.4 is 5.32 Å². The summed E-state index contributed by atoms with van der Waals surface area (Å²) in [6.45, 7) is 6.25. The fourth-order valence-corrected chi connectivity index (χ4v) is 2.74. The molecule has 4 heteroatoms. The minimum atomic E-state index is 0.253. The fraction of sp³-hybridized carbons (Fsp3) is 0.533. The molecule has 0 radical (unpaired) electrons. The Balaban J connectivity index is 2.02. The third-order valence-electron chi connectivity index (χ3n) is 3.70. The van der Waals surface area contributed by atoms with E-state index in [1.54, 1.807) is 0 Å². The van der Waals surface area contributed by atoms with Crippen molar-refractivity contribution in [1.29, 1.82) is 0 Å². The number of aliphatic hydroxyl groups is 1. The molecule has 0 aromatic heterocycles. The molecule has 2 rings (SSSR count). The van der Waals surface area contributed by atoms with E-state index in [2.05, 4.69) is 42.3 Å². The van der Waals surface area contributed by atoms with Crippen LogP contribution in [0, 0.1) is 19.8 Å². The minimum Gasteiger partial charge on any atom is -0.396 e. The summed E-state index contributed by atoms with van der Waals surface area (Å²) in [5.74, 6) is 0.354. The Labute approximate surface area is 120 Å². The number of likely N-dealkylation sites (tertiary alicyclic amines) is 1. The topological polar surface area (TPSA) is 35.5 Å². The third-order valence-corrected chi connectivity index (χ3v) is 4.06. The number of anilines is 1. The molecule has 0 bridgehead atoms. The normalized spacial score (nSPS) is 19.3. The summed E-state index contributed by atoms with van der Waals surface area (Å²) < 4.78 is 0. The lowest BCUT2D eigenvalue weighted by Gasteiger charge is -2.34. The summed E-state index contributed by atoms with van der Waals surface area (Å²) in [5, 5.41) is 13.4. The number of thiocarbonyl (C=S) groups is 1. The van der Waals surface area contributed by atoms with Gasteiger partial charge >= 0.3 is 0 Å². The smallest absolute Gasteiger partial charge is 0.173 e. The number of hydrogen-bond donors (Lipinski definition) is 2. The lowest BCUT2D eigenvalue weighted by atomic mass is 9.99. The molecule has 1 atom stereocenters.